The zero-order chi connectivity index (χ0) is 13.0. The molecule has 0 atom stereocenters. The van der Waals surface area contributed by atoms with E-state index in [0.29, 0.717) is 26.2 Å². The fraction of sp³-hybridized carbons (Fsp3) is 0.667. The van der Waals surface area contributed by atoms with Gasteiger partial charge in [-0.3, -0.25) is 14.5 Å². The second-order valence-corrected chi connectivity index (χ2v) is 4.06. The lowest BCUT2D eigenvalue weighted by Gasteiger charge is -2.33. The van der Waals surface area contributed by atoms with Crippen LogP contribution in [0.2, 0.25) is 0 Å². The molecule has 1 aromatic heterocycles. The summed E-state index contributed by atoms with van der Waals surface area (Å²) in [5.74, 6) is -0.902. The van der Waals surface area contributed by atoms with Crippen LogP contribution in [0.15, 0.2) is 6.33 Å². The molecule has 0 bridgehead atoms. The van der Waals surface area contributed by atoms with Gasteiger partial charge >= 0.3 is 5.97 Å². The molecule has 0 spiro atoms. The smallest absolute Gasteiger partial charge is 0.317 e. The molecule has 0 aromatic carbocycles. The van der Waals surface area contributed by atoms with Crippen molar-refractivity contribution in [3.05, 3.63) is 6.33 Å². The van der Waals surface area contributed by atoms with Gasteiger partial charge in [-0.1, -0.05) is 0 Å². The normalized spacial score (nSPS) is 16.8. The molecule has 1 fully saturated rings. The number of amides is 1. The summed E-state index contributed by atoms with van der Waals surface area (Å²) in [4.78, 5) is 25.9. The fourth-order valence-electron chi connectivity index (χ4n) is 1.84. The van der Waals surface area contributed by atoms with Crippen LogP contribution >= 0.6 is 0 Å². The monoisotopic (exact) mass is 254 g/mol. The number of aliphatic carboxylic acids is 1. The molecule has 2 rings (SSSR count). The highest BCUT2D eigenvalue weighted by Gasteiger charge is 2.22. The molecule has 98 valence electrons. The number of aromatic nitrogens is 4. The molecule has 1 aliphatic heterocycles. The van der Waals surface area contributed by atoms with Gasteiger partial charge in [-0.2, -0.15) is 0 Å². The Morgan fingerprint density at radius 1 is 1.17 bits per heavy atom. The van der Waals surface area contributed by atoms with E-state index >= 15 is 0 Å². The van der Waals surface area contributed by atoms with Crippen molar-refractivity contribution in [1.82, 2.24) is 30.0 Å². The molecule has 9 nitrogen and oxygen atoms in total. The minimum atomic E-state index is -0.844. The maximum absolute atomic E-state index is 11.9. The lowest BCUT2D eigenvalue weighted by Crippen LogP contribution is -2.50. The van der Waals surface area contributed by atoms with Gasteiger partial charge in [0.1, 0.15) is 12.9 Å². The predicted molar refractivity (Wildman–Crippen MR) is 58.5 cm³/mol. The SMILES string of the molecule is O=C(O)CN1CCN(C(=O)Cn2cnnn2)CC1. The van der Waals surface area contributed by atoms with Crippen LogP contribution in [0.5, 0.6) is 0 Å². The number of tetrazole rings is 1. The van der Waals surface area contributed by atoms with Gasteiger partial charge in [-0.15, -0.1) is 5.10 Å². The molecule has 9 heteroatoms. The number of carbonyl (C=O) groups excluding carboxylic acids is 1. The van der Waals surface area contributed by atoms with E-state index in [9.17, 15) is 9.59 Å². The van der Waals surface area contributed by atoms with Crippen molar-refractivity contribution in [3.63, 3.8) is 0 Å². The van der Waals surface area contributed by atoms with Crippen molar-refractivity contribution >= 4 is 11.9 Å². The summed E-state index contributed by atoms with van der Waals surface area (Å²) in [6.07, 6.45) is 1.39. The summed E-state index contributed by atoms with van der Waals surface area (Å²) in [6, 6.07) is 0. The first-order chi connectivity index (χ1) is 8.65. The zero-order valence-corrected chi connectivity index (χ0v) is 9.77. The van der Waals surface area contributed by atoms with Gasteiger partial charge in [0.2, 0.25) is 5.91 Å². The van der Waals surface area contributed by atoms with Gasteiger partial charge in [0.05, 0.1) is 6.54 Å². The third kappa shape index (κ3) is 3.23. The highest BCUT2D eigenvalue weighted by molar-refractivity contribution is 5.76. The third-order valence-electron chi connectivity index (χ3n) is 2.77. The Bertz CT molecular complexity index is 412. The molecule has 0 radical (unpaired) electrons. The van der Waals surface area contributed by atoms with E-state index in [2.05, 4.69) is 15.5 Å². The molecule has 1 N–H and O–H groups in total. The minimum absolute atomic E-state index is 0.0228. The molecular weight excluding hydrogens is 240 g/mol. The van der Waals surface area contributed by atoms with Crippen LogP contribution in [0.3, 0.4) is 0 Å². The van der Waals surface area contributed by atoms with E-state index in [-0.39, 0.29) is 19.0 Å². The van der Waals surface area contributed by atoms with Crippen LogP contribution in [0.1, 0.15) is 0 Å². The second kappa shape index (κ2) is 5.54. The number of rotatable bonds is 4. The number of carboxylic acids is 1. The summed E-state index contributed by atoms with van der Waals surface area (Å²) >= 11 is 0. The lowest BCUT2D eigenvalue weighted by atomic mass is 10.3. The van der Waals surface area contributed by atoms with Crippen LogP contribution in [-0.2, 0) is 16.1 Å². The average molecular weight is 254 g/mol. The van der Waals surface area contributed by atoms with Crippen molar-refractivity contribution in [2.24, 2.45) is 0 Å². The topological polar surface area (TPSA) is 104 Å². The lowest BCUT2D eigenvalue weighted by molar-refractivity contribution is -0.139. The van der Waals surface area contributed by atoms with Gasteiger partial charge in [0, 0.05) is 26.2 Å². The van der Waals surface area contributed by atoms with Crippen LogP contribution in [-0.4, -0.2) is 79.7 Å². The highest BCUT2D eigenvalue weighted by Crippen LogP contribution is 2.02. The Morgan fingerprint density at radius 2 is 1.89 bits per heavy atom. The molecule has 0 saturated carbocycles. The molecule has 1 saturated heterocycles. The number of piperazine rings is 1. The quantitative estimate of drug-likeness (QED) is 0.656. The van der Waals surface area contributed by atoms with E-state index in [4.69, 9.17) is 5.11 Å². The van der Waals surface area contributed by atoms with Gasteiger partial charge in [0.25, 0.3) is 0 Å². The van der Waals surface area contributed by atoms with Crippen molar-refractivity contribution in [2.75, 3.05) is 32.7 Å². The van der Waals surface area contributed by atoms with Gasteiger partial charge in [-0.05, 0) is 10.4 Å². The van der Waals surface area contributed by atoms with Gasteiger partial charge in [0.15, 0.2) is 0 Å². The highest BCUT2D eigenvalue weighted by atomic mass is 16.4. The molecule has 18 heavy (non-hydrogen) atoms. The average Bonchev–Trinajstić information content (AvgIpc) is 2.82. The molecule has 0 aliphatic carbocycles. The predicted octanol–water partition coefficient (Wildman–Crippen LogP) is -2.10. The summed E-state index contributed by atoms with van der Waals surface area (Å²) in [7, 11) is 0. The largest absolute Gasteiger partial charge is 0.480 e. The fourth-order valence-corrected chi connectivity index (χ4v) is 1.84. The zero-order valence-electron chi connectivity index (χ0n) is 9.77. The summed E-state index contributed by atoms with van der Waals surface area (Å²) in [5.41, 5.74) is 0. The van der Waals surface area contributed by atoms with Crippen molar-refractivity contribution in [2.45, 2.75) is 6.54 Å². The molecular formula is C9H14N6O3. The van der Waals surface area contributed by atoms with Gasteiger partial charge in [-0.25, -0.2) is 4.68 Å². The van der Waals surface area contributed by atoms with E-state index in [1.165, 1.54) is 11.0 Å². The number of hydrogen-bond acceptors (Lipinski definition) is 6. The van der Waals surface area contributed by atoms with Gasteiger partial charge < -0.3 is 10.0 Å². The Kier molecular flexibility index (Phi) is 3.82. The number of nitrogens with zero attached hydrogens (tertiary/aromatic N) is 6. The molecule has 0 unspecified atom stereocenters. The Labute approximate surface area is 103 Å². The van der Waals surface area contributed by atoms with E-state index < -0.39 is 5.97 Å². The minimum Gasteiger partial charge on any atom is -0.480 e. The molecule has 2 heterocycles. The molecule has 1 aliphatic rings. The van der Waals surface area contributed by atoms with E-state index in [1.807, 2.05) is 4.90 Å². The van der Waals surface area contributed by atoms with Crippen molar-refractivity contribution in [1.29, 1.82) is 0 Å². The standard InChI is InChI=1S/C9H14N6O3/c16-8(5-15-7-10-11-12-15)14-3-1-13(2-4-14)6-9(17)18/h7H,1-6H2,(H,17,18). The van der Waals surface area contributed by atoms with E-state index in [0.717, 1.165) is 0 Å². The van der Waals surface area contributed by atoms with E-state index in [1.54, 1.807) is 4.90 Å². The van der Waals surface area contributed by atoms with Crippen LogP contribution in [0.25, 0.3) is 0 Å². The van der Waals surface area contributed by atoms with Crippen LogP contribution in [0.4, 0.5) is 0 Å². The summed E-state index contributed by atoms with van der Waals surface area (Å²) in [5, 5.41) is 19.2. The first kappa shape index (κ1) is 12.4. The van der Waals surface area contributed by atoms with Crippen LogP contribution in [0, 0.1) is 0 Å². The molecule has 1 amide bonds. The van der Waals surface area contributed by atoms with Crippen molar-refractivity contribution < 1.29 is 14.7 Å². The number of carboxylic acid groups (broad SMARTS) is 1. The number of hydrogen-bond donors (Lipinski definition) is 1. The maximum atomic E-state index is 11.9. The summed E-state index contributed by atoms with van der Waals surface area (Å²) < 4.78 is 1.37. The van der Waals surface area contributed by atoms with Crippen molar-refractivity contribution in [3.8, 4) is 0 Å². The summed E-state index contributed by atoms with van der Waals surface area (Å²) in [6.45, 7) is 2.37. The Hall–Kier alpha value is -2.03. The Morgan fingerprint density at radius 3 is 2.44 bits per heavy atom. The number of carbonyl (C=O) groups is 2. The third-order valence-corrected chi connectivity index (χ3v) is 2.77. The molecule has 1 aromatic rings. The second-order valence-electron chi connectivity index (χ2n) is 4.06. The first-order valence-electron chi connectivity index (χ1n) is 5.58. The Balaban J connectivity index is 1.79. The van der Waals surface area contributed by atoms with Crippen LogP contribution < -0.4 is 0 Å². The first-order valence-corrected chi connectivity index (χ1v) is 5.58. The maximum Gasteiger partial charge on any atom is 0.317 e.